The van der Waals surface area contributed by atoms with E-state index in [-0.39, 0.29) is 30.6 Å². The molecule has 4 nitrogen and oxygen atoms in total. The molecule has 2 aromatic carbocycles. The monoisotopic (exact) mass is 430 g/mol. The lowest BCUT2D eigenvalue weighted by Gasteiger charge is -2.24. The van der Waals surface area contributed by atoms with Crippen molar-refractivity contribution in [2.24, 2.45) is 5.73 Å². The molecule has 1 unspecified atom stereocenters. The van der Waals surface area contributed by atoms with Gasteiger partial charge in [0.1, 0.15) is 5.54 Å². The molecule has 0 heterocycles. The van der Waals surface area contributed by atoms with Gasteiger partial charge in [0.05, 0.1) is 6.61 Å². The Morgan fingerprint density at radius 1 is 1.28 bits per heavy atom. The van der Waals surface area contributed by atoms with Crippen LogP contribution in [0.25, 0.3) is 0 Å². The van der Waals surface area contributed by atoms with E-state index in [9.17, 15) is 9.18 Å². The normalized spacial score (nSPS) is 12.7. The lowest BCUT2D eigenvalue weighted by molar-refractivity contribution is -0.126. The number of hydrogen-bond donors (Lipinski definition) is 2. The molecule has 0 saturated heterocycles. The molecule has 0 bridgehead atoms. The van der Waals surface area contributed by atoms with Gasteiger partial charge in [-0.1, -0.05) is 34.1 Å². The largest absolute Gasteiger partial charge is 0.491 e. The fraction of sp³-hybridized carbons (Fsp3) is 0.278. The van der Waals surface area contributed by atoms with Crippen molar-refractivity contribution in [1.82, 2.24) is 5.32 Å². The van der Waals surface area contributed by atoms with Gasteiger partial charge in [0.2, 0.25) is 5.91 Å². The quantitative estimate of drug-likeness (QED) is 0.729. The molecule has 7 heteroatoms. The number of rotatable bonds is 6. The van der Waals surface area contributed by atoms with Crippen LogP contribution in [0, 0.1) is 5.82 Å². The molecule has 0 aromatic heterocycles. The molecule has 1 atom stereocenters. The van der Waals surface area contributed by atoms with Crippen molar-refractivity contribution in [2.75, 3.05) is 6.61 Å². The van der Waals surface area contributed by atoms with E-state index in [1.807, 2.05) is 12.1 Å². The summed E-state index contributed by atoms with van der Waals surface area (Å²) in [6, 6.07) is 11.9. The van der Waals surface area contributed by atoms with Crippen LogP contribution in [0.5, 0.6) is 5.75 Å². The number of halogens is 3. The maximum atomic E-state index is 13.8. The first-order valence-electron chi connectivity index (χ1n) is 7.59. The van der Waals surface area contributed by atoms with E-state index in [0.29, 0.717) is 17.7 Å². The minimum Gasteiger partial charge on any atom is -0.491 e. The zero-order chi connectivity index (χ0) is 17.7. The van der Waals surface area contributed by atoms with E-state index in [2.05, 4.69) is 21.2 Å². The summed E-state index contributed by atoms with van der Waals surface area (Å²) in [6.07, 6.45) is 0. The molecule has 136 valence electrons. The number of nitrogens with two attached hydrogens (primary N) is 1. The summed E-state index contributed by atoms with van der Waals surface area (Å²) in [5.74, 6) is -0.586. The average molecular weight is 432 g/mol. The van der Waals surface area contributed by atoms with Crippen molar-refractivity contribution in [2.45, 2.75) is 25.9 Å². The minimum absolute atomic E-state index is 0. The van der Waals surface area contributed by atoms with Gasteiger partial charge in [-0.25, -0.2) is 4.39 Å². The predicted octanol–water partition coefficient (Wildman–Crippen LogP) is 3.90. The van der Waals surface area contributed by atoms with Crippen LogP contribution in [0.4, 0.5) is 4.39 Å². The Kier molecular flexibility index (Phi) is 7.86. The molecular formula is C18H21BrClFN2O2. The third kappa shape index (κ3) is 5.42. The Balaban J connectivity index is 0.00000312. The average Bonchev–Trinajstić information content (AvgIpc) is 2.55. The lowest BCUT2D eigenvalue weighted by atomic mass is 9.92. The fourth-order valence-corrected chi connectivity index (χ4v) is 2.48. The molecule has 2 aromatic rings. The van der Waals surface area contributed by atoms with E-state index in [0.717, 1.165) is 4.47 Å². The number of amides is 1. The molecule has 2 rings (SSSR count). The van der Waals surface area contributed by atoms with Gasteiger partial charge < -0.3 is 15.8 Å². The Bertz CT molecular complexity index is 724. The third-order valence-corrected chi connectivity index (χ3v) is 4.19. The van der Waals surface area contributed by atoms with Gasteiger partial charge in [0.15, 0.2) is 11.6 Å². The van der Waals surface area contributed by atoms with Gasteiger partial charge in [-0.3, -0.25) is 4.79 Å². The van der Waals surface area contributed by atoms with Crippen LogP contribution >= 0.6 is 28.3 Å². The SMILES string of the molecule is CCOc1ccc(CNC(=O)C(C)(N)c2ccc(Br)cc2)cc1F.Cl. The second-order valence-corrected chi connectivity index (χ2v) is 6.51. The van der Waals surface area contributed by atoms with E-state index in [1.54, 1.807) is 38.1 Å². The van der Waals surface area contributed by atoms with E-state index >= 15 is 0 Å². The first-order chi connectivity index (χ1) is 11.3. The summed E-state index contributed by atoms with van der Waals surface area (Å²) in [5, 5.41) is 2.75. The highest BCUT2D eigenvalue weighted by Crippen LogP contribution is 2.21. The van der Waals surface area contributed by atoms with Gasteiger partial charge in [0.25, 0.3) is 0 Å². The fourth-order valence-electron chi connectivity index (χ4n) is 2.22. The smallest absolute Gasteiger partial charge is 0.244 e. The van der Waals surface area contributed by atoms with Crippen LogP contribution in [0.15, 0.2) is 46.9 Å². The first-order valence-corrected chi connectivity index (χ1v) is 8.38. The molecule has 0 saturated carbocycles. The van der Waals surface area contributed by atoms with Gasteiger partial charge in [0, 0.05) is 11.0 Å². The molecule has 0 fully saturated rings. The van der Waals surface area contributed by atoms with Crippen molar-refractivity contribution < 1.29 is 13.9 Å². The maximum absolute atomic E-state index is 13.8. The zero-order valence-corrected chi connectivity index (χ0v) is 16.4. The van der Waals surface area contributed by atoms with Gasteiger partial charge in [-0.05, 0) is 49.2 Å². The molecule has 0 aliphatic carbocycles. The van der Waals surface area contributed by atoms with Crippen molar-refractivity contribution in [1.29, 1.82) is 0 Å². The third-order valence-electron chi connectivity index (χ3n) is 3.66. The van der Waals surface area contributed by atoms with Gasteiger partial charge >= 0.3 is 0 Å². The summed E-state index contributed by atoms with van der Waals surface area (Å²) in [5.41, 5.74) is 6.32. The Labute approximate surface area is 161 Å². The maximum Gasteiger partial charge on any atom is 0.244 e. The lowest BCUT2D eigenvalue weighted by Crippen LogP contribution is -2.48. The van der Waals surface area contributed by atoms with Crippen molar-refractivity contribution >= 4 is 34.2 Å². The summed E-state index contributed by atoms with van der Waals surface area (Å²) < 4.78 is 19.9. The summed E-state index contributed by atoms with van der Waals surface area (Å²) in [7, 11) is 0. The van der Waals surface area contributed by atoms with Crippen LogP contribution in [0.3, 0.4) is 0 Å². The van der Waals surface area contributed by atoms with Crippen LogP contribution in [0.2, 0.25) is 0 Å². The van der Waals surface area contributed by atoms with Crippen LogP contribution in [0.1, 0.15) is 25.0 Å². The topological polar surface area (TPSA) is 64.3 Å². The standard InChI is InChI=1S/C18H20BrFN2O2.ClH/c1-3-24-16-9-4-12(10-15(16)20)11-22-17(23)18(2,21)13-5-7-14(19)8-6-13;/h4-10H,3,11,21H2,1-2H3,(H,22,23);1H. The molecule has 0 radical (unpaired) electrons. The highest BCUT2D eigenvalue weighted by molar-refractivity contribution is 9.10. The first kappa shape index (κ1) is 21.4. The molecule has 0 spiro atoms. The number of ether oxygens (including phenoxy) is 1. The zero-order valence-electron chi connectivity index (χ0n) is 14.0. The molecule has 1 amide bonds. The molecular weight excluding hydrogens is 411 g/mol. The second-order valence-electron chi connectivity index (χ2n) is 5.59. The van der Waals surface area contributed by atoms with Crippen molar-refractivity contribution in [3.63, 3.8) is 0 Å². The van der Waals surface area contributed by atoms with Crippen LogP contribution < -0.4 is 15.8 Å². The highest BCUT2D eigenvalue weighted by Gasteiger charge is 2.30. The van der Waals surface area contributed by atoms with E-state index in [1.165, 1.54) is 6.07 Å². The number of carbonyl (C=O) groups is 1. The van der Waals surface area contributed by atoms with E-state index < -0.39 is 11.4 Å². The second kappa shape index (κ2) is 9.17. The Morgan fingerprint density at radius 2 is 1.92 bits per heavy atom. The predicted molar refractivity (Wildman–Crippen MR) is 102 cm³/mol. The number of nitrogens with one attached hydrogen (secondary N) is 1. The van der Waals surface area contributed by atoms with Crippen LogP contribution in [-0.4, -0.2) is 12.5 Å². The molecule has 0 aliphatic heterocycles. The van der Waals surface area contributed by atoms with Crippen molar-refractivity contribution in [3.8, 4) is 5.75 Å². The minimum atomic E-state index is -1.18. The molecule has 3 N–H and O–H groups in total. The summed E-state index contributed by atoms with van der Waals surface area (Å²) >= 11 is 3.35. The molecule has 0 aliphatic rings. The number of benzene rings is 2. The van der Waals surface area contributed by atoms with Crippen molar-refractivity contribution in [3.05, 3.63) is 63.9 Å². The Hall–Kier alpha value is -1.63. The Morgan fingerprint density at radius 3 is 2.48 bits per heavy atom. The highest BCUT2D eigenvalue weighted by atomic mass is 79.9. The summed E-state index contributed by atoms with van der Waals surface area (Å²) in [4.78, 5) is 12.4. The van der Waals surface area contributed by atoms with Gasteiger partial charge in [-0.15, -0.1) is 12.4 Å². The summed E-state index contributed by atoms with van der Waals surface area (Å²) in [6.45, 7) is 4.01. The molecule has 25 heavy (non-hydrogen) atoms. The van der Waals surface area contributed by atoms with E-state index in [4.69, 9.17) is 10.5 Å². The number of hydrogen-bond acceptors (Lipinski definition) is 3. The van der Waals surface area contributed by atoms with Gasteiger partial charge in [-0.2, -0.15) is 0 Å². The van der Waals surface area contributed by atoms with Crippen LogP contribution in [-0.2, 0) is 16.9 Å². The number of carbonyl (C=O) groups excluding carboxylic acids is 1.